The zero-order chi connectivity index (χ0) is 18.2. The summed E-state index contributed by atoms with van der Waals surface area (Å²) in [4.78, 5) is 28.7. The molecule has 3 rings (SSSR count). The van der Waals surface area contributed by atoms with E-state index in [0.29, 0.717) is 6.67 Å². The van der Waals surface area contributed by atoms with Crippen LogP contribution in [0.25, 0.3) is 0 Å². The van der Waals surface area contributed by atoms with Crippen molar-refractivity contribution in [2.75, 3.05) is 13.7 Å². The van der Waals surface area contributed by atoms with Crippen LogP contribution in [0.3, 0.4) is 0 Å². The molecule has 2 aliphatic rings. The summed E-state index contributed by atoms with van der Waals surface area (Å²) in [5.74, 6) is -0.0179. The molecule has 2 amide bonds. The molecular weight excluding hydrogens is 312 g/mol. The highest BCUT2D eigenvalue weighted by molar-refractivity contribution is 6.05. The topological polar surface area (TPSA) is 40.6 Å². The Bertz CT molecular complexity index is 621. The van der Waals surface area contributed by atoms with Crippen LogP contribution < -0.4 is 0 Å². The van der Waals surface area contributed by atoms with Gasteiger partial charge >= 0.3 is 0 Å². The number of imide groups is 1. The number of likely N-dealkylation sites (tertiary alicyclic amines) is 1. The van der Waals surface area contributed by atoms with Gasteiger partial charge in [0.1, 0.15) is 0 Å². The maximum absolute atomic E-state index is 12.6. The van der Waals surface area contributed by atoms with Gasteiger partial charge in [-0.2, -0.15) is 0 Å². The zero-order valence-electron chi connectivity index (χ0n) is 15.9. The normalized spacial score (nSPS) is 24.1. The average molecular weight is 342 g/mol. The number of hydrogen-bond acceptors (Lipinski definition) is 3. The minimum Gasteiger partial charge on any atom is -0.284 e. The summed E-state index contributed by atoms with van der Waals surface area (Å²) in [7, 11) is 1.97. The third-order valence-electron chi connectivity index (χ3n) is 5.59. The monoisotopic (exact) mass is 342 g/mol. The lowest BCUT2D eigenvalue weighted by Gasteiger charge is -2.24. The lowest BCUT2D eigenvalue weighted by atomic mass is 9.81. The molecule has 4 nitrogen and oxygen atoms in total. The molecule has 1 aromatic carbocycles. The number of hydrogen-bond donors (Lipinski definition) is 0. The molecule has 0 N–H and O–H groups in total. The van der Waals surface area contributed by atoms with Crippen LogP contribution in [0.4, 0.5) is 0 Å². The van der Waals surface area contributed by atoms with Crippen LogP contribution in [-0.2, 0) is 21.5 Å². The molecule has 1 saturated heterocycles. The summed E-state index contributed by atoms with van der Waals surface area (Å²) < 4.78 is 0. The molecule has 1 aliphatic carbocycles. The van der Waals surface area contributed by atoms with E-state index in [2.05, 4.69) is 49.9 Å². The number of amides is 2. The highest BCUT2D eigenvalue weighted by Gasteiger charge is 2.48. The van der Waals surface area contributed by atoms with Gasteiger partial charge in [-0.1, -0.05) is 57.9 Å². The SMILES string of the molecule is CN(Cc1ccc(C(C)(C)C)cc1)CN1C(=O)[C@H]2CCCC[C@H]2C1=O. The fourth-order valence-electron chi connectivity index (χ4n) is 4.08. The first-order chi connectivity index (χ1) is 11.8. The van der Waals surface area contributed by atoms with E-state index in [9.17, 15) is 9.59 Å². The number of nitrogens with zero attached hydrogens (tertiary/aromatic N) is 2. The molecule has 1 aliphatic heterocycles. The molecule has 4 heteroatoms. The van der Waals surface area contributed by atoms with Gasteiger partial charge in [0, 0.05) is 6.54 Å². The first kappa shape index (κ1) is 18.1. The van der Waals surface area contributed by atoms with Crippen molar-refractivity contribution in [1.82, 2.24) is 9.80 Å². The predicted octanol–water partition coefficient (Wildman–Crippen LogP) is 3.55. The lowest BCUT2D eigenvalue weighted by Crippen LogP contribution is -2.40. The van der Waals surface area contributed by atoms with Crippen LogP contribution in [0.2, 0.25) is 0 Å². The number of fused-ring (bicyclic) bond motifs is 1. The first-order valence-electron chi connectivity index (χ1n) is 9.40. The molecule has 25 heavy (non-hydrogen) atoms. The minimum atomic E-state index is -0.0549. The summed E-state index contributed by atoms with van der Waals surface area (Å²) in [5, 5.41) is 0. The van der Waals surface area contributed by atoms with Crippen LogP contribution in [0, 0.1) is 11.8 Å². The molecule has 0 unspecified atom stereocenters. The molecule has 1 saturated carbocycles. The van der Waals surface area contributed by atoms with Gasteiger partial charge in [0.05, 0.1) is 18.5 Å². The highest BCUT2D eigenvalue weighted by atomic mass is 16.2. The summed E-state index contributed by atoms with van der Waals surface area (Å²) in [6.45, 7) is 7.75. The Labute approximate surface area is 151 Å². The Morgan fingerprint density at radius 1 is 1.00 bits per heavy atom. The maximum atomic E-state index is 12.6. The summed E-state index contributed by atoms with van der Waals surface area (Å²) >= 11 is 0. The van der Waals surface area contributed by atoms with Gasteiger partial charge in [-0.05, 0) is 36.4 Å². The Hall–Kier alpha value is -1.68. The van der Waals surface area contributed by atoms with Gasteiger partial charge in [0.15, 0.2) is 0 Å². The first-order valence-corrected chi connectivity index (χ1v) is 9.40. The quantitative estimate of drug-likeness (QED) is 0.786. The van der Waals surface area contributed by atoms with Crippen LogP contribution in [0.15, 0.2) is 24.3 Å². The second-order valence-electron chi connectivity index (χ2n) is 8.70. The fourth-order valence-corrected chi connectivity index (χ4v) is 4.08. The van der Waals surface area contributed by atoms with Gasteiger partial charge in [0.25, 0.3) is 0 Å². The lowest BCUT2D eigenvalue weighted by molar-refractivity contribution is -0.142. The van der Waals surface area contributed by atoms with Crippen LogP contribution in [0.5, 0.6) is 0 Å². The Kier molecular flexibility index (Phi) is 5.01. The Morgan fingerprint density at radius 3 is 2.00 bits per heavy atom. The molecule has 0 bridgehead atoms. The molecule has 1 aromatic rings. The average Bonchev–Trinajstić information content (AvgIpc) is 2.80. The van der Waals surface area contributed by atoms with Crippen molar-refractivity contribution in [1.29, 1.82) is 0 Å². The van der Waals surface area contributed by atoms with Crippen LogP contribution in [-0.4, -0.2) is 35.3 Å². The number of benzene rings is 1. The van der Waals surface area contributed by atoms with Gasteiger partial charge in [-0.25, -0.2) is 0 Å². The van der Waals surface area contributed by atoms with E-state index in [0.717, 1.165) is 32.2 Å². The molecule has 0 spiro atoms. The van der Waals surface area contributed by atoms with E-state index in [1.54, 1.807) is 0 Å². The van der Waals surface area contributed by atoms with E-state index in [-0.39, 0.29) is 29.1 Å². The second-order valence-corrected chi connectivity index (χ2v) is 8.70. The minimum absolute atomic E-state index is 0.0460. The van der Waals surface area contributed by atoms with Crippen LogP contribution in [0.1, 0.15) is 57.6 Å². The van der Waals surface area contributed by atoms with E-state index in [1.807, 2.05) is 7.05 Å². The van der Waals surface area contributed by atoms with E-state index in [1.165, 1.54) is 16.0 Å². The molecule has 0 aromatic heterocycles. The molecule has 1 heterocycles. The van der Waals surface area contributed by atoms with Crippen molar-refractivity contribution in [3.05, 3.63) is 35.4 Å². The smallest absolute Gasteiger partial charge is 0.234 e. The number of carbonyl (C=O) groups is 2. The van der Waals surface area contributed by atoms with Gasteiger partial charge in [0.2, 0.25) is 11.8 Å². The van der Waals surface area contributed by atoms with Gasteiger partial charge in [-0.3, -0.25) is 19.4 Å². The standard InChI is InChI=1S/C21H30N2O2/c1-21(2,3)16-11-9-15(10-12-16)13-22(4)14-23-19(24)17-7-5-6-8-18(17)20(23)25/h9-12,17-18H,5-8,13-14H2,1-4H3/t17-,18+. The van der Waals surface area contributed by atoms with Crippen LogP contribution >= 0.6 is 0 Å². The maximum Gasteiger partial charge on any atom is 0.234 e. The molecule has 2 atom stereocenters. The molecule has 136 valence electrons. The summed E-state index contributed by atoms with van der Waals surface area (Å²) in [5.41, 5.74) is 2.66. The molecule has 2 fully saturated rings. The summed E-state index contributed by atoms with van der Waals surface area (Å²) in [6, 6.07) is 8.63. The van der Waals surface area contributed by atoms with Crippen molar-refractivity contribution in [2.45, 2.75) is 58.4 Å². The van der Waals surface area contributed by atoms with Crippen molar-refractivity contribution in [3.8, 4) is 0 Å². The van der Waals surface area contributed by atoms with Crippen molar-refractivity contribution in [2.24, 2.45) is 11.8 Å². The second kappa shape index (κ2) is 6.91. The number of rotatable bonds is 4. The summed E-state index contributed by atoms with van der Waals surface area (Å²) in [6.07, 6.45) is 3.90. The Balaban J connectivity index is 1.61. The van der Waals surface area contributed by atoms with E-state index < -0.39 is 0 Å². The third-order valence-corrected chi connectivity index (χ3v) is 5.59. The number of carbonyl (C=O) groups excluding carboxylic acids is 2. The zero-order valence-corrected chi connectivity index (χ0v) is 15.9. The largest absolute Gasteiger partial charge is 0.284 e. The van der Waals surface area contributed by atoms with Crippen molar-refractivity contribution in [3.63, 3.8) is 0 Å². The van der Waals surface area contributed by atoms with E-state index in [4.69, 9.17) is 0 Å². The van der Waals surface area contributed by atoms with E-state index >= 15 is 0 Å². The third kappa shape index (κ3) is 3.79. The van der Waals surface area contributed by atoms with Crippen molar-refractivity contribution < 1.29 is 9.59 Å². The Morgan fingerprint density at radius 2 is 1.52 bits per heavy atom. The fraction of sp³-hybridized carbons (Fsp3) is 0.619. The molecule has 0 radical (unpaired) electrons. The van der Waals surface area contributed by atoms with Gasteiger partial charge < -0.3 is 0 Å². The molecular formula is C21H30N2O2. The van der Waals surface area contributed by atoms with Gasteiger partial charge in [-0.15, -0.1) is 0 Å². The van der Waals surface area contributed by atoms with Crippen molar-refractivity contribution >= 4 is 11.8 Å². The highest BCUT2D eigenvalue weighted by Crippen LogP contribution is 2.38. The predicted molar refractivity (Wildman–Crippen MR) is 98.8 cm³/mol.